The lowest BCUT2D eigenvalue weighted by atomic mass is 10.2. The van der Waals surface area contributed by atoms with Crippen molar-refractivity contribution in [2.75, 3.05) is 5.32 Å². The molecule has 0 aliphatic rings. The number of anilines is 1. The van der Waals surface area contributed by atoms with Crippen molar-refractivity contribution in [2.45, 2.75) is 6.92 Å². The van der Waals surface area contributed by atoms with E-state index in [0.717, 1.165) is 16.2 Å². The highest BCUT2D eigenvalue weighted by Crippen LogP contribution is 2.20. The summed E-state index contributed by atoms with van der Waals surface area (Å²) in [7, 11) is 0. The maximum atomic E-state index is 12.7. The number of carbonyl (C=O) groups excluding carboxylic acids is 1. The van der Waals surface area contributed by atoms with Crippen LogP contribution < -0.4 is 5.32 Å². The summed E-state index contributed by atoms with van der Waals surface area (Å²) in [6, 6.07) is 8.07. The number of nitrogens with zero attached hydrogens (tertiary/aromatic N) is 1. The van der Waals surface area contributed by atoms with Gasteiger partial charge in [-0.15, -0.1) is 0 Å². The largest absolute Gasteiger partial charge is 0.320 e. The molecule has 1 aromatic heterocycles. The van der Waals surface area contributed by atoms with Gasteiger partial charge in [0.15, 0.2) is 0 Å². The van der Waals surface area contributed by atoms with E-state index in [1.807, 2.05) is 19.1 Å². The molecule has 0 atom stereocenters. The van der Waals surface area contributed by atoms with Gasteiger partial charge in [0, 0.05) is 10.2 Å². The van der Waals surface area contributed by atoms with Crippen molar-refractivity contribution in [2.24, 2.45) is 0 Å². The molecule has 0 unspecified atom stereocenters. The average Bonchev–Trinajstić information content (AvgIpc) is 2.33. The standard InChI is InChI=1S/C13H10BrFN2O/c1-8-6-9(14)2-4-11(8)17-13(18)12-5-3-10(15)7-16-12/h2-7H,1H3,(H,17,18). The van der Waals surface area contributed by atoms with Gasteiger partial charge in [-0.2, -0.15) is 0 Å². The van der Waals surface area contributed by atoms with Gasteiger partial charge in [-0.25, -0.2) is 9.37 Å². The van der Waals surface area contributed by atoms with Crippen molar-refractivity contribution >= 4 is 27.5 Å². The Morgan fingerprint density at radius 2 is 2.11 bits per heavy atom. The minimum absolute atomic E-state index is 0.179. The first-order chi connectivity index (χ1) is 8.56. The molecule has 2 rings (SSSR count). The number of nitrogens with one attached hydrogen (secondary N) is 1. The minimum Gasteiger partial charge on any atom is -0.320 e. The predicted molar refractivity (Wildman–Crippen MR) is 71.0 cm³/mol. The summed E-state index contributed by atoms with van der Waals surface area (Å²) < 4.78 is 13.6. The van der Waals surface area contributed by atoms with Gasteiger partial charge in [0.25, 0.3) is 5.91 Å². The zero-order chi connectivity index (χ0) is 13.1. The number of halogens is 2. The molecule has 92 valence electrons. The van der Waals surface area contributed by atoms with Crippen molar-refractivity contribution in [3.8, 4) is 0 Å². The maximum absolute atomic E-state index is 12.7. The average molecular weight is 309 g/mol. The van der Waals surface area contributed by atoms with Gasteiger partial charge in [-0.05, 0) is 42.8 Å². The molecule has 1 aromatic carbocycles. The van der Waals surface area contributed by atoms with Gasteiger partial charge in [0.05, 0.1) is 6.20 Å². The van der Waals surface area contributed by atoms with Crippen LogP contribution in [0.1, 0.15) is 16.1 Å². The second-order valence-corrected chi connectivity index (χ2v) is 4.69. The molecule has 0 saturated carbocycles. The number of carbonyl (C=O) groups is 1. The van der Waals surface area contributed by atoms with Crippen LogP contribution in [-0.4, -0.2) is 10.9 Å². The van der Waals surface area contributed by atoms with Crippen LogP contribution >= 0.6 is 15.9 Å². The fraction of sp³-hybridized carbons (Fsp3) is 0.0769. The van der Waals surface area contributed by atoms with Crippen LogP contribution in [0.5, 0.6) is 0 Å². The van der Waals surface area contributed by atoms with E-state index in [4.69, 9.17) is 0 Å². The van der Waals surface area contributed by atoms with Crippen molar-refractivity contribution in [3.05, 3.63) is 58.1 Å². The van der Waals surface area contributed by atoms with E-state index >= 15 is 0 Å². The van der Waals surface area contributed by atoms with E-state index < -0.39 is 5.82 Å². The number of aryl methyl sites for hydroxylation is 1. The quantitative estimate of drug-likeness (QED) is 0.922. The lowest BCUT2D eigenvalue weighted by Crippen LogP contribution is -2.14. The number of pyridine rings is 1. The molecule has 5 heteroatoms. The molecule has 0 saturated heterocycles. The Labute approximate surface area is 112 Å². The Hall–Kier alpha value is -1.75. The van der Waals surface area contributed by atoms with Gasteiger partial charge < -0.3 is 5.32 Å². The van der Waals surface area contributed by atoms with Crippen LogP contribution in [0.25, 0.3) is 0 Å². The van der Waals surface area contributed by atoms with Crippen LogP contribution in [0.3, 0.4) is 0 Å². The Morgan fingerprint density at radius 1 is 1.33 bits per heavy atom. The molecule has 0 bridgehead atoms. The molecule has 1 N–H and O–H groups in total. The minimum atomic E-state index is -0.466. The number of hydrogen-bond acceptors (Lipinski definition) is 2. The zero-order valence-electron chi connectivity index (χ0n) is 9.58. The van der Waals surface area contributed by atoms with Crippen molar-refractivity contribution in [1.29, 1.82) is 0 Å². The first-order valence-corrected chi connectivity index (χ1v) is 6.04. The van der Waals surface area contributed by atoms with E-state index in [0.29, 0.717) is 5.69 Å². The Balaban J connectivity index is 2.18. The Bertz CT molecular complexity index is 584. The van der Waals surface area contributed by atoms with Crippen LogP contribution in [-0.2, 0) is 0 Å². The second-order valence-electron chi connectivity index (χ2n) is 3.78. The van der Waals surface area contributed by atoms with Gasteiger partial charge in [-0.1, -0.05) is 15.9 Å². The summed E-state index contributed by atoms with van der Waals surface area (Å²) in [6.45, 7) is 1.89. The van der Waals surface area contributed by atoms with Crippen molar-refractivity contribution in [1.82, 2.24) is 4.98 Å². The molecule has 1 amide bonds. The molecule has 0 fully saturated rings. The fourth-order valence-corrected chi connectivity index (χ4v) is 1.94. The first-order valence-electron chi connectivity index (χ1n) is 5.25. The molecule has 0 aliphatic heterocycles. The summed E-state index contributed by atoms with van der Waals surface area (Å²) in [5.41, 5.74) is 1.81. The third-order valence-electron chi connectivity index (χ3n) is 2.40. The van der Waals surface area contributed by atoms with Crippen LogP contribution in [0, 0.1) is 12.7 Å². The Morgan fingerprint density at radius 3 is 2.72 bits per heavy atom. The third kappa shape index (κ3) is 2.92. The van der Waals surface area contributed by atoms with E-state index in [9.17, 15) is 9.18 Å². The molecule has 0 spiro atoms. The van der Waals surface area contributed by atoms with Crippen molar-refractivity contribution < 1.29 is 9.18 Å². The van der Waals surface area contributed by atoms with Crippen LogP contribution in [0.4, 0.5) is 10.1 Å². The van der Waals surface area contributed by atoms with Gasteiger partial charge in [0.2, 0.25) is 0 Å². The van der Waals surface area contributed by atoms with Crippen LogP contribution in [0.2, 0.25) is 0 Å². The highest BCUT2D eigenvalue weighted by atomic mass is 79.9. The SMILES string of the molecule is Cc1cc(Br)ccc1NC(=O)c1ccc(F)cn1. The van der Waals surface area contributed by atoms with Crippen LogP contribution in [0.15, 0.2) is 41.0 Å². The number of rotatable bonds is 2. The first kappa shape index (κ1) is 12.7. The maximum Gasteiger partial charge on any atom is 0.274 e. The number of aromatic nitrogens is 1. The number of hydrogen-bond donors (Lipinski definition) is 1. The van der Waals surface area contributed by atoms with Gasteiger partial charge in [0.1, 0.15) is 11.5 Å². The van der Waals surface area contributed by atoms with E-state index in [-0.39, 0.29) is 11.6 Å². The summed E-state index contributed by atoms with van der Waals surface area (Å²) in [4.78, 5) is 15.6. The molecule has 3 nitrogen and oxygen atoms in total. The Kier molecular flexibility index (Phi) is 3.72. The lowest BCUT2D eigenvalue weighted by molar-refractivity contribution is 0.102. The zero-order valence-corrected chi connectivity index (χ0v) is 11.2. The highest BCUT2D eigenvalue weighted by molar-refractivity contribution is 9.10. The highest BCUT2D eigenvalue weighted by Gasteiger charge is 2.09. The summed E-state index contributed by atoms with van der Waals surface area (Å²) in [5, 5.41) is 2.73. The second kappa shape index (κ2) is 5.27. The smallest absolute Gasteiger partial charge is 0.274 e. The monoisotopic (exact) mass is 308 g/mol. The van der Waals surface area contributed by atoms with Gasteiger partial charge >= 0.3 is 0 Å². The molecule has 0 radical (unpaired) electrons. The van der Waals surface area contributed by atoms with E-state index in [2.05, 4.69) is 26.2 Å². The molecule has 18 heavy (non-hydrogen) atoms. The van der Waals surface area contributed by atoms with Gasteiger partial charge in [-0.3, -0.25) is 4.79 Å². The fourth-order valence-electron chi connectivity index (χ4n) is 1.46. The normalized spacial score (nSPS) is 10.2. The third-order valence-corrected chi connectivity index (χ3v) is 2.89. The van der Waals surface area contributed by atoms with E-state index in [1.165, 1.54) is 12.1 Å². The summed E-state index contributed by atoms with van der Waals surface area (Å²) in [5.74, 6) is -0.827. The predicted octanol–water partition coefficient (Wildman–Crippen LogP) is 3.54. The molecular formula is C13H10BrFN2O. The molecule has 2 aromatic rings. The topological polar surface area (TPSA) is 42.0 Å². The number of benzene rings is 1. The molecular weight excluding hydrogens is 299 g/mol. The molecule has 1 heterocycles. The lowest BCUT2D eigenvalue weighted by Gasteiger charge is -2.08. The molecule has 0 aliphatic carbocycles. The summed E-state index contributed by atoms with van der Waals surface area (Å²) >= 11 is 3.35. The number of amides is 1. The summed E-state index contributed by atoms with van der Waals surface area (Å²) in [6.07, 6.45) is 1.02. The van der Waals surface area contributed by atoms with Crippen molar-refractivity contribution in [3.63, 3.8) is 0 Å². The van der Waals surface area contributed by atoms with E-state index in [1.54, 1.807) is 6.07 Å².